The minimum atomic E-state index is 0.549. The number of nitrogens with one attached hydrogen (secondary N) is 2. The molecule has 1 aliphatic rings. The predicted octanol–water partition coefficient (Wildman–Crippen LogP) is 2.52. The molecule has 0 aliphatic carbocycles. The van der Waals surface area contributed by atoms with Gasteiger partial charge < -0.3 is 15.0 Å². The van der Waals surface area contributed by atoms with Crippen molar-refractivity contribution in [1.29, 1.82) is 0 Å². The number of aromatic nitrogens is 1. The Morgan fingerprint density at radius 1 is 1.35 bits per heavy atom. The van der Waals surface area contributed by atoms with E-state index >= 15 is 0 Å². The van der Waals surface area contributed by atoms with Gasteiger partial charge in [0.25, 0.3) is 0 Å². The van der Waals surface area contributed by atoms with Crippen molar-refractivity contribution in [3.8, 4) is 5.75 Å². The van der Waals surface area contributed by atoms with Gasteiger partial charge in [0.15, 0.2) is 0 Å². The lowest BCUT2D eigenvalue weighted by molar-refractivity contribution is 0.415. The number of hydrogen-bond acceptors (Lipinski definition) is 2. The topological polar surface area (TPSA) is 37.0 Å². The Balaban J connectivity index is 2.26. The van der Waals surface area contributed by atoms with Gasteiger partial charge in [-0.15, -0.1) is 0 Å². The second kappa shape index (κ2) is 3.77. The van der Waals surface area contributed by atoms with Crippen molar-refractivity contribution in [1.82, 2.24) is 10.3 Å². The lowest BCUT2D eigenvalue weighted by Gasteiger charge is -2.20. The first-order valence-corrected chi connectivity index (χ1v) is 6.10. The standard InChI is InChI=1S/C14H18N2O/c1-8-4-10(17-3)6-12-11-5-9(2)15-7-13(11)16-14(8)12/h4,6,9,15-16H,5,7H2,1-3H3. The molecule has 2 aromatic rings. The van der Waals surface area contributed by atoms with E-state index < -0.39 is 0 Å². The molecule has 0 amide bonds. The highest BCUT2D eigenvalue weighted by Gasteiger charge is 2.20. The molecule has 0 radical (unpaired) electrons. The molecule has 2 heterocycles. The minimum Gasteiger partial charge on any atom is -0.497 e. The van der Waals surface area contributed by atoms with Crippen molar-refractivity contribution in [2.75, 3.05) is 7.11 Å². The van der Waals surface area contributed by atoms with Gasteiger partial charge in [0, 0.05) is 29.2 Å². The molecule has 17 heavy (non-hydrogen) atoms. The Bertz CT molecular complexity index is 571. The van der Waals surface area contributed by atoms with Crippen molar-refractivity contribution in [2.45, 2.75) is 32.9 Å². The van der Waals surface area contributed by atoms with Crippen LogP contribution in [0, 0.1) is 6.92 Å². The molecule has 0 saturated heterocycles. The largest absolute Gasteiger partial charge is 0.497 e. The lowest BCUT2D eigenvalue weighted by atomic mass is 9.99. The molecule has 3 nitrogen and oxygen atoms in total. The van der Waals surface area contributed by atoms with Gasteiger partial charge in [-0.05, 0) is 43.5 Å². The summed E-state index contributed by atoms with van der Waals surface area (Å²) in [4.78, 5) is 3.54. The zero-order valence-electron chi connectivity index (χ0n) is 10.6. The predicted molar refractivity (Wildman–Crippen MR) is 69.6 cm³/mol. The SMILES string of the molecule is COc1cc(C)c2[nH]c3c(c2c1)CC(C)NC3. The fourth-order valence-corrected chi connectivity index (χ4v) is 2.70. The van der Waals surface area contributed by atoms with Gasteiger partial charge in [-0.3, -0.25) is 0 Å². The minimum absolute atomic E-state index is 0.549. The van der Waals surface area contributed by atoms with E-state index in [4.69, 9.17) is 4.74 Å². The van der Waals surface area contributed by atoms with Gasteiger partial charge in [-0.2, -0.15) is 0 Å². The molecule has 3 heteroatoms. The number of H-pyrrole nitrogens is 1. The maximum atomic E-state index is 5.36. The Kier molecular flexibility index (Phi) is 2.37. The number of ether oxygens (including phenoxy) is 1. The Morgan fingerprint density at radius 2 is 2.18 bits per heavy atom. The van der Waals surface area contributed by atoms with E-state index in [0.29, 0.717) is 6.04 Å². The van der Waals surface area contributed by atoms with Crippen molar-refractivity contribution < 1.29 is 4.74 Å². The summed E-state index contributed by atoms with van der Waals surface area (Å²) in [6, 6.07) is 4.78. The third-order valence-electron chi connectivity index (χ3n) is 3.65. The van der Waals surface area contributed by atoms with Crippen molar-refractivity contribution in [2.24, 2.45) is 0 Å². The number of aromatic amines is 1. The molecule has 1 aromatic heterocycles. The van der Waals surface area contributed by atoms with Crippen LogP contribution in [0.5, 0.6) is 5.75 Å². The van der Waals surface area contributed by atoms with Crippen LogP contribution in [0.2, 0.25) is 0 Å². The first-order valence-electron chi connectivity index (χ1n) is 6.10. The van der Waals surface area contributed by atoms with E-state index in [1.54, 1.807) is 7.11 Å². The van der Waals surface area contributed by atoms with E-state index in [-0.39, 0.29) is 0 Å². The Labute approximate surface area is 101 Å². The molecule has 0 saturated carbocycles. The highest BCUT2D eigenvalue weighted by Crippen LogP contribution is 2.31. The zero-order valence-corrected chi connectivity index (χ0v) is 10.6. The van der Waals surface area contributed by atoms with Gasteiger partial charge >= 0.3 is 0 Å². The van der Waals surface area contributed by atoms with Gasteiger partial charge in [-0.25, -0.2) is 0 Å². The molecule has 1 atom stereocenters. The van der Waals surface area contributed by atoms with E-state index in [1.807, 2.05) is 0 Å². The summed E-state index contributed by atoms with van der Waals surface area (Å²) in [5.41, 5.74) is 5.29. The summed E-state index contributed by atoms with van der Waals surface area (Å²) >= 11 is 0. The maximum absolute atomic E-state index is 5.36. The van der Waals surface area contributed by atoms with Crippen LogP contribution in [0.15, 0.2) is 12.1 Å². The van der Waals surface area contributed by atoms with E-state index in [2.05, 4.69) is 36.3 Å². The summed E-state index contributed by atoms with van der Waals surface area (Å²) < 4.78 is 5.36. The molecule has 1 unspecified atom stereocenters. The molecule has 90 valence electrons. The van der Waals surface area contributed by atoms with Gasteiger partial charge in [0.05, 0.1) is 7.11 Å². The number of hydrogen-bond donors (Lipinski definition) is 2. The van der Waals surface area contributed by atoms with E-state index in [9.17, 15) is 0 Å². The average molecular weight is 230 g/mol. The third-order valence-corrected chi connectivity index (χ3v) is 3.65. The number of benzene rings is 1. The van der Waals surface area contributed by atoms with Crippen LogP contribution in [0.25, 0.3) is 10.9 Å². The molecular formula is C14H18N2O. The first-order chi connectivity index (χ1) is 8.19. The Morgan fingerprint density at radius 3 is 2.94 bits per heavy atom. The van der Waals surface area contributed by atoms with Crippen LogP contribution in [-0.4, -0.2) is 18.1 Å². The summed E-state index contributed by atoms with van der Waals surface area (Å²) in [7, 11) is 1.73. The molecule has 0 bridgehead atoms. The van der Waals surface area contributed by atoms with Gasteiger partial charge in [0.1, 0.15) is 5.75 Å². The summed E-state index contributed by atoms with van der Waals surface area (Å²) in [5, 5.41) is 4.81. The molecule has 0 fully saturated rings. The molecule has 1 aliphatic heterocycles. The molecule has 2 N–H and O–H groups in total. The zero-order chi connectivity index (χ0) is 12.0. The number of fused-ring (bicyclic) bond motifs is 3. The van der Waals surface area contributed by atoms with Gasteiger partial charge in [0.2, 0.25) is 0 Å². The van der Waals surface area contributed by atoms with Gasteiger partial charge in [-0.1, -0.05) is 0 Å². The molecule has 0 spiro atoms. The molecule has 3 rings (SSSR count). The summed E-state index contributed by atoms with van der Waals surface area (Å²) in [6.45, 7) is 5.30. The fourth-order valence-electron chi connectivity index (χ4n) is 2.70. The molecular weight excluding hydrogens is 212 g/mol. The van der Waals surface area contributed by atoms with Crippen LogP contribution in [0.4, 0.5) is 0 Å². The third kappa shape index (κ3) is 1.62. The highest BCUT2D eigenvalue weighted by atomic mass is 16.5. The van der Waals surface area contributed by atoms with Crippen LogP contribution >= 0.6 is 0 Å². The van der Waals surface area contributed by atoms with Crippen LogP contribution < -0.4 is 10.1 Å². The van der Waals surface area contributed by atoms with E-state index in [0.717, 1.165) is 18.7 Å². The average Bonchev–Trinajstić information content (AvgIpc) is 2.68. The van der Waals surface area contributed by atoms with E-state index in [1.165, 1.54) is 27.7 Å². The number of methoxy groups -OCH3 is 1. The maximum Gasteiger partial charge on any atom is 0.119 e. The smallest absolute Gasteiger partial charge is 0.119 e. The molecule has 1 aromatic carbocycles. The number of rotatable bonds is 1. The first kappa shape index (κ1) is 10.7. The van der Waals surface area contributed by atoms with Crippen LogP contribution in [-0.2, 0) is 13.0 Å². The van der Waals surface area contributed by atoms with Crippen molar-refractivity contribution in [3.63, 3.8) is 0 Å². The quantitative estimate of drug-likeness (QED) is 0.790. The lowest BCUT2D eigenvalue weighted by Crippen LogP contribution is -2.32. The highest BCUT2D eigenvalue weighted by molar-refractivity contribution is 5.89. The fraction of sp³-hybridized carbons (Fsp3) is 0.429. The summed E-state index contributed by atoms with van der Waals surface area (Å²) in [6.07, 6.45) is 1.09. The second-order valence-corrected chi connectivity index (χ2v) is 4.94. The van der Waals surface area contributed by atoms with Crippen molar-refractivity contribution in [3.05, 3.63) is 29.0 Å². The monoisotopic (exact) mass is 230 g/mol. The van der Waals surface area contributed by atoms with Crippen LogP contribution in [0.3, 0.4) is 0 Å². The number of aryl methyl sites for hydroxylation is 1. The normalized spacial score (nSPS) is 19.4. The van der Waals surface area contributed by atoms with Crippen LogP contribution in [0.1, 0.15) is 23.7 Å². The van der Waals surface area contributed by atoms with Crippen molar-refractivity contribution >= 4 is 10.9 Å². The summed E-state index contributed by atoms with van der Waals surface area (Å²) in [5.74, 6) is 0.947. The Hall–Kier alpha value is -1.48. The second-order valence-electron chi connectivity index (χ2n) is 4.94.